The van der Waals surface area contributed by atoms with Crippen LogP contribution in [0.2, 0.25) is 0 Å². The highest BCUT2D eigenvalue weighted by Crippen LogP contribution is 2.20. The molecule has 0 aliphatic carbocycles. The molecule has 0 aliphatic rings. The maximum absolute atomic E-state index is 11.4. The molecule has 1 rings (SSSR count). The van der Waals surface area contributed by atoms with Crippen LogP contribution in [0.4, 0.5) is 5.69 Å². The average molecular weight is 220 g/mol. The minimum absolute atomic E-state index is 0.124. The molecule has 0 aliphatic heterocycles. The zero-order valence-corrected chi connectivity index (χ0v) is 9.98. The number of rotatable bonds is 3. The lowest BCUT2D eigenvalue weighted by atomic mass is 10.1. The second-order valence-electron chi connectivity index (χ2n) is 3.62. The standard InChI is InChI=1S/C11H16N4O/c1-8-5-6-9(11(16)12-2)7-10(8)13-14-15(3)4/h5-7H,1-4H3,(H,12,16). The molecule has 16 heavy (non-hydrogen) atoms. The van der Waals surface area contributed by atoms with E-state index in [-0.39, 0.29) is 5.91 Å². The molecule has 0 atom stereocenters. The predicted octanol–water partition coefficient (Wildman–Crippen LogP) is 1.91. The summed E-state index contributed by atoms with van der Waals surface area (Å²) in [5, 5.41) is 12.1. The second kappa shape index (κ2) is 5.25. The van der Waals surface area contributed by atoms with E-state index in [0.717, 1.165) is 5.56 Å². The van der Waals surface area contributed by atoms with E-state index in [2.05, 4.69) is 15.7 Å². The van der Waals surface area contributed by atoms with Crippen LogP contribution in [0.3, 0.4) is 0 Å². The summed E-state index contributed by atoms with van der Waals surface area (Å²) >= 11 is 0. The zero-order chi connectivity index (χ0) is 12.1. The van der Waals surface area contributed by atoms with Crippen molar-refractivity contribution in [2.75, 3.05) is 21.1 Å². The second-order valence-corrected chi connectivity index (χ2v) is 3.62. The Balaban J connectivity index is 3.04. The molecule has 0 unspecified atom stereocenters. The first-order valence-corrected chi connectivity index (χ1v) is 4.96. The van der Waals surface area contributed by atoms with Gasteiger partial charge in [-0.3, -0.25) is 9.80 Å². The highest BCUT2D eigenvalue weighted by Gasteiger charge is 2.05. The van der Waals surface area contributed by atoms with E-state index in [4.69, 9.17) is 0 Å². The van der Waals surface area contributed by atoms with E-state index in [0.29, 0.717) is 11.3 Å². The van der Waals surface area contributed by atoms with E-state index in [1.54, 1.807) is 38.3 Å². The van der Waals surface area contributed by atoms with Crippen molar-refractivity contribution < 1.29 is 4.79 Å². The Morgan fingerprint density at radius 1 is 1.38 bits per heavy atom. The van der Waals surface area contributed by atoms with Gasteiger partial charge in [-0.05, 0) is 24.6 Å². The molecule has 0 radical (unpaired) electrons. The highest BCUT2D eigenvalue weighted by molar-refractivity contribution is 5.94. The van der Waals surface area contributed by atoms with Crippen molar-refractivity contribution in [3.63, 3.8) is 0 Å². The number of hydrogen-bond acceptors (Lipinski definition) is 3. The summed E-state index contributed by atoms with van der Waals surface area (Å²) < 4.78 is 0. The molecule has 1 N–H and O–H groups in total. The quantitative estimate of drug-likeness (QED) is 0.625. The van der Waals surface area contributed by atoms with Gasteiger partial charge in [0.15, 0.2) is 0 Å². The van der Waals surface area contributed by atoms with Gasteiger partial charge in [0.2, 0.25) is 0 Å². The fourth-order valence-corrected chi connectivity index (χ4v) is 1.14. The van der Waals surface area contributed by atoms with Crippen molar-refractivity contribution in [1.82, 2.24) is 10.3 Å². The van der Waals surface area contributed by atoms with Gasteiger partial charge in [-0.25, -0.2) is 0 Å². The molecule has 0 spiro atoms. The number of nitrogens with zero attached hydrogens (tertiary/aromatic N) is 3. The molecule has 1 aromatic rings. The minimum Gasteiger partial charge on any atom is -0.355 e. The van der Waals surface area contributed by atoms with Crippen molar-refractivity contribution in [3.8, 4) is 0 Å². The van der Waals surface area contributed by atoms with Gasteiger partial charge in [-0.2, -0.15) is 0 Å². The van der Waals surface area contributed by atoms with Gasteiger partial charge >= 0.3 is 0 Å². The fraction of sp³-hybridized carbons (Fsp3) is 0.364. The van der Waals surface area contributed by atoms with E-state index >= 15 is 0 Å². The van der Waals surface area contributed by atoms with Gasteiger partial charge in [-0.15, -0.1) is 5.11 Å². The first-order valence-electron chi connectivity index (χ1n) is 4.96. The number of carbonyl (C=O) groups excluding carboxylic acids is 1. The molecule has 5 heteroatoms. The van der Waals surface area contributed by atoms with Gasteiger partial charge in [-0.1, -0.05) is 11.3 Å². The summed E-state index contributed by atoms with van der Waals surface area (Å²) in [4.78, 5) is 11.4. The average Bonchev–Trinajstić information content (AvgIpc) is 2.26. The first-order chi connectivity index (χ1) is 7.54. The maximum Gasteiger partial charge on any atom is 0.251 e. The molecule has 0 saturated heterocycles. The minimum atomic E-state index is -0.124. The molecule has 0 fully saturated rings. The van der Waals surface area contributed by atoms with Gasteiger partial charge in [0.25, 0.3) is 5.91 Å². The smallest absolute Gasteiger partial charge is 0.251 e. The van der Waals surface area contributed by atoms with Crippen molar-refractivity contribution >= 4 is 11.6 Å². The van der Waals surface area contributed by atoms with Crippen molar-refractivity contribution in [1.29, 1.82) is 0 Å². The molecule has 86 valence electrons. The Bertz CT molecular complexity index is 412. The van der Waals surface area contributed by atoms with E-state index in [9.17, 15) is 4.79 Å². The third-order valence-electron chi connectivity index (χ3n) is 2.03. The van der Waals surface area contributed by atoms with Crippen molar-refractivity contribution in [2.24, 2.45) is 10.3 Å². The summed E-state index contributed by atoms with van der Waals surface area (Å²) in [5.41, 5.74) is 2.27. The van der Waals surface area contributed by atoms with Crippen LogP contribution in [0.25, 0.3) is 0 Å². The molecule has 0 saturated carbocycles. The highest BCUT2D eigenvalue weighted by atomic mass is 16.1. The molecule has 5 nitrogen and oxygen atoms in total. The van der Waals surface area contributed by atoms with Crippen LogP contribution in [0, 0.1) is 6.92 Å². The van der Waals surface area contributed by atoms with Gasteiger partial charge < -0.3 is 5.32 Å². The molecule has 1 aromatic carbocycles. The number of benzene rings is 1. The zero-order valence-electron chi connectivity index (χ0n) is 9.98. The summed E-state index contributed by atoms with van der Waals surface area (Å²) in [6.45, 7) is 1.93. The fourth-order valence-electron chi connectivity index (χ4n) is 1.14. The van der Waals surface area contributed by atoms with E-state index < -0.39 is 0 Å². The topological polar surface area (TPSA) is 57.1 Å². The largest absolute Gasteiger partial charge is 0.355 e. The molecule has 0 heterocycles. The van der Waals surface area contributed by atoms with Crippen molar-refractivity contribution in [2.45, 2.75) is 6.92 Å². The Morgan fingerprint density at radius 2 is 2.06 bits per heavy atom. The monoisotopic (exact) mass is 220 g/mol. The van der Waals surface area contributed by atoms with Gasteiger partial charge in [0.1, 0.15) is 0 Å². The normalized spacial score (nSPS) is 10.5. The van der Waals surface area contributed by atoms with Gasteiger partial charge in [0, 0.05) is 26.7 Å². The van der Waals surface area contributed by atoms with Crippen LogP contribution in [0.5, 0.6) is 0 Å². The summed E-state index contributed by atoms with van der Waals surface area (Å²) in [7, 11) is 5.19. The van der Waals surface area contributed by atoms with Crippen molar-refractivity contribution in [3.05, 3.63) is 29.3 Å². The lowest BCUT2D eigenvalue weighted by Crippen LogP contribution is -2.17. The number of aryl methyl sites for hydroxylation is 1. The Hall–Kier alpha value is -1.91. The van der Waals surface area contributed by atoms with Crippen LogP contribution in [-0.4, -0.2) is 32.1 Å². The van der Waals surface area contributed by atoms with Crippen LogP contribution in [-0.2, 0) is 0 Å². The number of hydrogen-bond donors (Lipinski definition) is 1. The molecule has 1 amide bonds. The third kappa shape index (κ3) is 3.05. The maximum atomic E-state index is 11.4. The van der Waals surface area contributed by atoms with Crippen LogP contribution in [0.1, 0.15) is 15.9 Å². The van der Waals surface area contributed by atoms with Crippen LogP contribution in [0.15, 0.2) is 28.5 Å². The SMILES string of the molecule is CNC(=O)c1ccc(C)c(N=NN(C)C)c1. The number of carbonyl (C=O) groups is 1. The lowest BCUT2D eigenvalue weighted by Gasteiger charge is -2.05. The lowest BCUT2D eigenvalue weighted by molar-refractivity contribution is 0.0963. The summed E-state index contributed by atoms with van der Waals surface area (Å²) in [6, 6.07) is 5.35. The summed E-state index contributed by atoms with van der Waals surface area (Å²) in [6.07, 6.45) is 0. The predicted molar refractivity (Wildman–Crippen MR) is 62.8 cm³/mol. The molecule has 0 aromatic heterocycles. The third-order valence-corrected chi connectivity index (χ3v) is 2.03. The van der Waals surface area contributed by atoms with Crippen LogP contribution < -0.4 is 5.32 Å². The van der Waals surface area contributed by atoms with Gasteiger partial charge in [0.05, 0.1) is 5.69 Å². The number of nitrogens with one attached hydrogen (secondary N) is 1. The number of amides is 1. The molecular formula is C11H16N4O. The van der Waals surface area contributed by atoms with Crippen LogP contribution >= 0.6 is 0 Å². The first kappa shape index (κ1) is 12.2. The Kier molecular flexibility index (Phi) is 3.99. The summed E-state index contributed by atoms with van der Waals surface area (Å²) in [5.74, 6) is -0.124. The van der Waals surface area contributed by atoms with E-state index in [1.165, 1.54) is 0 Å². The Morgan fingerprint density at radius 3 is 2.62 bits per heavy atom. The molecule has 0 bridgehead atoms. The van der Waals surface area contributed by atoms with E-state index in [1.807, 2.05) is 13.0 Å². The molecular weight excluding hydrogens is 204 g/mol. The Labute approximate surface area is 95.1 Å².